The molecule has 0 saturated carbocycles. The fraction of sp³-hybridized carbons (Fsp3) is 0.571. The summed E-state index contributed by atoms with van der Waals surface area (Å²) in [6.45, 7) is 3.68. The number of rotatable bonds is 4. The Morgan fingerprint density at radius 3 is 2.75 bits per heavy atom. The minimum Gasteiger partial charge on any atom is -0.356 e. The molecule has 1 aromatic heterocycles. The third-order valence-corrected chi connectivity index (χ3v) is 4.64. The van der Waals surface area contributed by atoms with Gasteiger partial charge in [-0.05, 0) is 30.2 Å². The summed E-state index contributed by atoms with van der Waals surface area (Å²) in [6, 6.07) is 3.27. The third kappa shape index (κ3) is 3.80. The quantitative estimate of drug-likeness (QED) is 0.874. The molecule has 2 heterocycles. The van der Waals surface area contributed by atoms with E-state index >= 15 is 0 Å². The van der Waals surface area contributed by atoms with Gasteiger partial charge >= 0.3 is 0 Å². The summed E-state index contributed by atoms with van der Waals surface area (Å²) in [5.41, 5.74) is 6.01. The van der Waals surface area contributed by atoms with Crippen LogP contribution in [0.5, 0.6) is 0 Å². The lowest BCUT2D eigenvalue weighted by Gasteiger charge is -2.33. The first-order valence-electron chi connectivity index (χ1n) is 6.90. The molecule has 1 aliphatic heterocycles. The molecule has 1 saturated heterocycles. The average Bonchev–Trinajstić information content (AvgIpc) is 2.98. The zero-order valence-corrected chi connectivity index (χ0v) is 12.5. The second-order valence-corrected chi connectivity index (χ2v) is 6.18. The van der Waals surface area contributed by atoms with Gasteiger partial charge in [-0.15, -0.1) is 11.3 Å². The van der Waals surface area contributed by atoms with E-state index in [1.165, 1.54) is 18.3 Å². The molecule has 5 nitrogen and oxygen atoms in total. The summed E-state index contributed by atoms with van der Waals surface area (Å²) in [7, 11) is 0. The van der Waals surface area contributed by atoms with Gasteiger partial charge in [-0.3, -0.25) is 9.59 Å². The van der Waals surface area contributed by atoms with Crippen LogP contribution in [0.3, 0.4) is 0 Å². The van der Waals surface area contributed by atoms with Crippen molar-refractivity contribution in [3.63, 3.8) is 0 Å². The number of amides is 2. The number of thiophene rings is 1. The van der Waals surface area contributed by atoms with E-state index in [1.54, 1.807) is 0 Å². The Kier molecular flexibility index (Phi) is 5.14. The van der Waals surface area contributed by atoms with Gasteiger partial charge < -0.3 is 16.0 Å². The molecule has 3 N–H and O–H groups in total. The first-order valence-corrected chi connectivity index (χ1v) is 7.78. The fourth-order valence-corrected chi connectivity index (χ4v) is 3.15. The normalized spacial score (nSPS) is 17.8. The van der Waals surface area contributed by atoms with E-state index in [0.29, 0.717) is 12.5 Å². The van der Waals surface area contributed by atoms with Gasteiger partial charge in [0.05, 0.1) is 0 Å². The molecular weight excluding hydrogens is 274 g/mol. The number of likely N-dealkylation sites (tertiary alicyclic amines) is 1. The molecule has 110 valence electrons. The Hall–Kier alpha value is -1.40. The SMILES string of the molecule is CC(=O)NCC1CCN(C(=O)C(N)c2cccs2)CC1. The van der Waals surface area contributed by atoms with Crippen LogP contribution in [0.1, 0.15) is 30.7 Å². The summed E-state index contributed by atoms with van der Waals surface area (Å²) in [6.07, 6.45) is 1.84. The smallest absolute Gasteiger partial charge is 0.244 e. The van der Waals surface area contributed by atoms with Gasteiger partial charge in [0.2, 0.25) is 11.8 Å². The van der Waals surface area contributed by atoms with Crippen LogP contribution in [0.2, 0.25) is 0 Å². The summed E-state index contributed by atoms with van der Waals surface area (Å²) in [5, 5.41) is 4.77. The van der Waals surface area contributed by atoms with E-state index in [-0.39, 0.29) is 11.8 Å². The average molecular weight is 295 g/mol. The number of nitrogens with zero attached hydrogens (tertiary/aromatic N) is 1. The molecule has 0 aliphatic carbocycles. The van der Waals surface area contributed by atoms with Crippen LogP contribution >= 0.6 is 11.3 Å². The Bertz CT molecular complexity index is 453. The zero-order valence-electron chi connectivity index (χ0n) is 11.7. The Balaban J connectivity index is 1.81. The lowest BCUT2D eigenvalue weighted by Crippen LogP contribution is -2.44. The van der Waals surface area contributed by atoms with Crippen molar-refractivity contribution in [1.82, 2.24) is 10.2 Å². The van der Waals surface area contributed by atoms with Gasteiger partial charge in [-0.1, -0.05) is 6.07 Å². The molecule has 1 fully saturated rings. The van der Waals surface area contributed by atoms with E-state index in [9.17, 15) is 9.59 Å². The van der Waals surface area contributed by atoms with Crippen LogP contribution < -0.4 is 11.1 Å². The summed E-state index contributed by atoms with van der Waals surface area (Å²) >= 11 is 1.52. The predicted octanol–water partition coefficient (Wildman–Crippen LogP) is 1.12. The molecule has 0 radical (unpaired) electrons. The highest BCUT2D eigenvalue weighted by molar-refractivity contribution is 7.10. The molecule has 0 aromatic carbocycles. The monoisotopic (exact) mass is 295 g/mol. The number of carbonyl (C=O) groups excluding carboxylic acids is 2. The van der Waals surface area contributed by atoms with E-state index in [4.69, 9.17) is 5.73 Å². The lowest BCUT2D eigenvalue weighted by atomic mass is 9.96. The first-order chi connectivity index (χ1) is 9.58. The molecule has 1 unspecified atom stereocenters. The van der Waals surface area contributed by atoms with Gasteiger partial charge in [-0.2, -0.15) is 0 Å². The highest BCUT2D eigenvalue weighted by Gasteiger charge is 2.27. The molecule has 1 atom stereocenters. The van der Waals surface area contributed by atoms with Crippen molar-refractivity contribution in [3.8, 4) is 0 Å². The number of piperidine rings is 1. The molecule has 20 heavy (non-hydrogen) atoms. The van der Waals surface area contributed by atoms with Gasteiger partial charge in [0.25, 0.3) is 0 Å². The van der Waals surface area contributed by atoms with Gasteiger partial charge in [0.15, 0.2) is 0 Å². The van der Waals surface area contributed by atoms with Gasteiger partial charge in [0, 0.05) is 31.4 Å². The second-order valence-electron chi connectivity index (χ2n) is 5.20. The largest absolute Gasteiger partial charge is 0.356 e. The number of hydrogen-bond acceptors (Lipinski definition) is 4. The molecule has 2 amide bonds. The molecule has 2 rings (SSSR count). The standard InChI is InChI=1S/C14H21N3O2S/c1-10(18)16-9-11-4-6-17(7-5-11)14(19)13(15)12-3-2-8-20-12/h2-3,8,11,13H,4-7,9,15H2,1H3,(H,16,18). The topological polar surface area (TPSA) is 75.4 Å². The highest BCUT2D eigenvalue weighted by atomic mass is 32.1. The summed E-state index contributed by atoms with van der Waals surface area (Å²) in [4.78, 5) is 26.0. The van der Waals surface area contributed by atoms with E-state index in [0.717, 1.165) is 30.8 Å². The minimum atomic E-state index is -0.540. The Morgan fingerprint density at radius 2 is 2.20 bits per heavy atom. The third-order valence-electron chi connectivity index (χ3n) is 3.68. The fourth-order valence-electron chi connectivity index (χ4n) is 2.43. The van der Waals surface area contributed by atoms with Crippen molar-refractivity contribution in [2.24, 2.45) is 11.7 Å². The number of carbonyl (C=O) groups is 2. The van der Waals surface area contributed by atoms with Crippen LogP contribution in [0.25, 0.3) is 0 Å². The van der Waals surface area contributed by atoms with Crippen molar-refractivity contribution in [2.75, 3.05) is 19.6 Å². The Labute approximate surface area is 123 Å². The summed E-state index contributed by atoms with van der Waals surface area (Å²) in [5.74, 6) is 0.467. The first kappa shape index (κ1) is 15.0. The maximum absolute atomic E-state index is 12.3. The number of hydrogen-bond donors (Lipinski definition) is 2. The molecule has 6 heteroatoms. The summed E-state index contributed by atoms with van der Waals surface area (Å²) < 4.78 is 0. The molecule has 0 bridgehead atoms. The van der Waals surface area contributed by atoms with Crippen LogP contribution in [-0.2, 0) is 9.59 Å². The van der Waals surface area contributed by atoms with Crippen LogP contribution in [-0.4, -0.2) is 36.3 Å². The van der Waals surface area contributed by atoms with Crippen molar-refractivity contribution < 1.29 is 9.59 Å². The minimum absolute atomic E-state index is 0.00298. The van der Waals surface area contributed by atoms with E-state index in [2.05, 4.69) is 5.32 Å². The van der Waals surface area contributed by atoms with Crippen LogP contribution in [0.15, 0.2) is 17.5 Å². The van der Waals surface area contributed by atoms with Gasteiger partial charge in [0.1, 0.15) is 6.04 Å². The number of nitrogens with two attached hydrogens (primary N) is 1. The van der Waals surface area contributed by atoms with Crippen LogP contribution in [0, 0.1) is 5.92 Å². The molecule has 1 aromatic rings. The number of nitrogens with one attached hydrogen (secondary N) is 1. The van der Waals surface area contributed by atoms with Crippen molar-refractivity contribution in [2.45, 2.75) is 25.8 Å². The van der Waals surface area contributed by atoms with Crippen molar-refractivity contribution in [1.29, 1.82) is 0 Å². The molecule has 1 aliphatic rings. The predicted molar refractivity (Wildman–Crippen MR) is 79.2 cm³/mol. The maximum Gasteiger partial charge on any atom is 0.244 e. The van der Waals surface area contributed by atoms with E-state index in [1.807, 2.05) is 22.4 Å². The second kappa shape index (κ2) is 6.85. The molecule has 0 spiro atoms. The van der Waals surface area contributed by atoms with E-state index < -0.39 is 6.04 Å². The van der Waals surface area contributed by atoms with Crippen molar-refractivity contribution in [3.05, 3.63) is 22.4 Å². The maximum atomic E-state index is 12.3. The van der Waals surface area contributed by atoms with Crippen LogP contribution in [0.4, 0.5) is 0 Å². The molecular formula is C14H21N3O2S. The Morgan fingerprint density at radius 1 is 1.50 bits per heavy atom. The zero-order chi connectivity index (χ0) is 14.5. The highest BCUT2D eigenvalue weighted by Crippen LogP contribution is 2.22. The van der Waals surface area contributed by atoms with Crippen molar-refractivity contribution >= 4 is 23.2 Å². The van der Waals surface area contributed by atoms with Gasteiger partial charge in [-0.25, -0.2) is 0 Å². The lowest BCUT2D eigenvalue weighted by molar-refractivity contribution is -0.134.